The first-order chi connectivity index (χ1) is 23.8. The van der Waals surface area contributed by atoms with Gasteiger partial charge in [-0.1, -0.05) is 30.3 Å². The highest BCUT2D eigenvalue weighted by Gasteiger charge is 2.73. The number of benzene rings is 3. The number of carbonyl (C=O) groups excluding carboxylic acids is 1. The molecule has 0 aromatic heterocycles. The lowest BCUT2D eigenvalue weighted by molar-refractivity contribution is -0.392. The molecular weight excluding hydrogens is 717 g/mol. The standard InChI is InChI=1S/C34H32F9N3O4S/c1-44-15-21-17-46(18-22(21)16-44)30(47)45-14-13-31(20-45,51(48,49)26-11-9-25(35)10-12-26)23-5-7-24(8-6-23)32(33(38,39)40,34(41,42)43)50-19-27-28(36)3-2-4-29(27)37/h2-12,21-22H,13-20H2,1H3/t21-,22+,31-/m0/s1. The summed E-state index contributed by atoms with van der Waals surface area (Å²) in [6.45, 7) is 0.0606. The number of rotatable bonds is 7. The van der Waals surface area contributed by atoms with Crippen molar-refractivity contribution < 1.29 is 57.5 Å². The van der Waals surface area contributed by atoms with Crippen molar-refractivity contribution in [3.05, 3.63) is 101 Å². The maximum absolute atomic E-state index is 14.6. The number of hydrogen-bond donors (Lipinski definition) is 0. The zero-order valence-electron chi connectivity index (χ0n) is 26.9. The third-order valence-electron chi connectivity index (χ3n) is 10.2. The summed E-state index contributed by atoms with van der Waals surface area (Å²) in [7, 11) is -2.62. The van der Waals surface area contributed by atoms with Gasteiger partial charge in [-0.05, 0) is 67.3 Å². The summed E-state index contributed by atoms with van der Waals surface area (Å²) in [5.41, 5.74) is -8.02. The number of amides is 2. The van der Waals surface area contributed by atoms with E-state index < -0.39 is 80.3 Å². The van der Waals surface area contributed by atoms with Crippen LogP contribution in [0.1, 0.15) is 23.1 Å². The fourth-order valence-electron chi connectivity index (χ4n) is 7.57. The fraction of sp³-hybridized carbons (Fsp3) is 0.441. The van der Waals surface area contributed by atoms with Crippen molar-refractivity contribution in [1.82, 2.24) is 14.7 Å². The number of likely N-dealkylation sites (tertiary alicyclic amines) is 3. The minimum absolute atomic E-state index is 0.112. The molecule has 276 valence electrons. The molecule has 3 saturated heterocycles. The molecule has 3 aromatic rings. The number of hydrogen-bond acceptors (Lipinski definition) is 5. The van der Waals surface area contributed by atoms with E-state index in [4.69, 9.17) is 0 Å². The van der Waals surface area contributed by atoms with Crippen molar-refractivity contribution in [1.29, 1.82) is 0 Å². The van der Waals surface area contributed by atoms with Gasteiger partial charge in [0.2, 0.25) is 0 Å². The zero-order chi connectivity index (χ0) is 37.1. The highest BCUT2D eigenvalue weighted by atomic mass is 32.2. The van der Waals surface area contributed by atoms with Gasteiger partial charge in [0.05, 0.1) is 11.5 Å². The van der Waals surface area contributed by atoms with E-state index in [2.05, 4.69) is 9.64 Å². The van der Waals surface area contributed by atoms with Crippen molar-refractivity contribution in [3.63, 3.8) is 0 Å². The summed E-state index contributed by atoms with van der Waals surface area (Å²) >= 11 is 0. The van der Waals surface area contributed by atoms with Gasteiger partial charge in [0.15, 0.2) is 9.84 Å². The van der Waals surface area contributed by atoms with Crippen LogP contribution in [0.4, 0.5) is 44.3 Å². The quantitative estimate of drug-likeness (QED) is 0.201. The van der Waals surface area contributed by atoms with Gasteiger partial charge in [0.1, 0.15) is 22.2 Å². The van der Waals surface area contributed by atoms with Crippen LogP contribution in [0.5, 0.6) is 0 Å². The second kappa shape index (κ2) is 13.0. The summed E-state index contributed by atoms with van der Waals surface area (Å²) in [4.78, 5) is 18.4. The Labute approximate surface area is 287 Å². The van der Waals surface area contributed by atoms with E-state index in [0.717, 1.165) is 55.6 Å². The fourth-order valence-corrected chi connectivity index (χ4v) is 9.65. The van der Waals surface area contributed by atoms with E-state index in [-0.39, 0.29) is 35.3 Å². The summed E-state index contributed by atoms with van der Waals surface area (Å²) in [5.74, 6) is -3.17. The predicted molar refractivity (Wildman–Crippen MR) is 164 cm³/mol. The van der Waals surface area contributed by atoms with E-state index in [9.17, 15) is 52.7 Å². The number of carbonyl (C=O) groups is 1. The normalized spacial score (nSPS) is 23.3. The number of urea groups is 1. The van der Waals surface area contributed by atoms with E-state index in [1.807, 2.05) is 7.05 Å². The minimum Gasteiger partial charge on any atom is -0.349 e. The van der Waals surface area contributed by atoms with Crippen molar-refractivity contribution in [2.24, 2.45) is 11.8 Å². The van der Waals surface area contributed by atoms with Crippen molar-refractivity contribution >= 4 is 15.9 Å². The van der Waals surface area contributed by atoms with Gasteiger partial charge in [-0.2, -0.15) is 26.3 Å². The molecule has 0 radical (unpaired) electrons. The van der Waals surface area contributed by atoms with Gasteiger partial charge < -0.3 is 19.4 Å². The first-order valence-corrected chi connectivity index (χ1v) is 17.3. The molecule has 6 rings (SSSR count). The average molecular weight is 750 g/mol. The monoisotopic (exact) mass is 749 g/mol. The molecule has 2 amide bonds. The smallest absolute Gasteiger partial charge is 0.349 e. The second-order valence-corrected chi connectivity index (χ2v) is 15.6. The van der Waals surface area contributed by atoms with E-state index in [1.165, 1.54) is 4.90 Å². The third-order valence-corrected chi connectivity index (χ3v) is 12.7. The van der Waals surface area contributed by atoms with E-state index in [1.54, 1.807) is 4.90 Å². The Morgan fingerprint density at radius 3 is 1.88 bits per heavy atom. The highest BCUT2D eigenvalue weighted by Crippen LogP contribution is 2.54. The Morgan fingerprint density at radius 1 is 0.804 bits per heavy atom. The van der Waals surface area contributed by atoms with Crippen LogP contribution in [0.3, 0.4) is 0 Å². The van der Waals surface area contributed by atoms with Crippen LogP contribution >= 0.6 is 0 Å². The molecule has 0 spiro atoms. The molecule has 3 aliphatic heterocycles. The SMILES string of the molecule is CN1C[C@@H]2CN(C(=O)N3CC[C@](c4ccc(C(OCc5c(F)cccc5F)(C(F)(F)F)C(F)(F)F)cc4)(S(=O)(=O)c4ccc(F)cc4)C3)C[C@@H]2C1. The largest absolute Gasteiger partial charge is 0.430 e. The van der Waals surface area contributed by atoms with Crippen LogP contribution < -0.4 is 0 Å². The van der Waals surface area contributed by atoms with Crippen LogP contribution in [0, 0.1) is 29.3 Å². The van der Waals surface area contributed by atoms with Gasteiger partial charge in [-0.25, -0.2) is 26.4 Å². The zero-order valence-corrected chi connectivity index (χ0v) is 27.8. The van der Waals surface area contributed by atoms with E-state index in [0.29, 0.717) is 37.4 Å². The number of halogens is 9. The first-order valence-electron chi connectivity index (χ1n) is 15.8. The molecule has 3 heterocycles. The Morgan fingerprint density at radius 2 is 1.35 bits per heavy atom. The average Bonchev–Trinajstić information content (AvgIpc) is 3.76. The molecule has 0 saturated carbocycles. The van der Waals surface area contributed by atoms with Crippen LogP contribution in [-0.2, 0) is 31.5 Å². The van der Waals surface area contributed by atoms with Gasteiger partial charge in [0.25, 0.3) is 5.60 Å². The minimum atomic E-state index is -6.22. The molecule has 51 heavy (non-hydrogen) atoms. The van der Waals surface area contributed by atoms with Crippen LogP contribution in [-0.4, -0.2) is 87.8 Å². The van der Waals surface area contributed by atoms with Gasteiger partial charge in [0, 0.05) is 50.4 Å². The maximum Gasteiger partial charge on any atom is 0.430 e. The molecule has 7 nitrogen and oxygen atoms in total. The second-order valence-electron chi connectivity index (χ2n) is 13.3. The molecular formula is C34H32F9N3O4S. The van der Waals surface area contributed by atoms with Crippen molar-refractivity contribution in [3.8, 4) is 0 Å². The van der Waals surface area contributed by atoms with E-state index >= 15 is 0 Å². The summed E-state index contributed by atoms with van der Waals surface area (Å²) in [6, 6.07) is 7.80. The molecule has 0 aliphatic carbocycles. The lowest BCUT2D eigenvalue weighted by Gasteiger charge is -2.38. The van der Waals surface area contributed by atoms with Gasteiger partial charge in [-0.3, -0.25) is 0 Å². The Kier molecular flexibility index (Phi) is 9.41. The Bertz CT molecular complexity index is 1840. The van der Waals surface area contributed by atoms with Gasteiger partial charge in [-0.15, -0.1) is 0 Å². The number of fused-ring (bicyclic) bond motifs is 1. The topological polar surface area (TPSA) is 70.2 Å². The Balaban J connectivity index is 1.39. The van der Waals surface area contributed by atoms with Crippen molar-refractivity contribution in [2.75, 3.05) is 46.3 Å². The number of alkyl halides is 6. The predicted octanol–water partition coefficient (Wildman–Crippen LogP) is 6.63. The molecule has 17 heteroatoms. The first kappa shape index (κ1) is 36.9. The summed E-state index contributed by atoms with van der Waals surface area (Å²) in [6.07, 6.45) is -12.7. The lowest BCUT2D eigenvalue weighted by Crippen LogP contribution is -2.56. The summed E-state index contributed by atoms with van der Waals surface area (Å²) < 4.78 is 161. The third kappa shape index (κ3) is 6.24. The number of nitrogens with zero attached hydrogens (tertiary/aromatic N) is 3. The maximum atomic E-state index is 14.6. The molecule has 0 N–H and O–H groups in total. The van der Waals surface area contributed by atoms with Crippen molar-refractivity contribution in [2.45, 2.75) is 40.6 Å². The Hall–Kier alpha value is -3.83. The van der Waals surface area contributed by atoms with Crippen LogP contribution in [0.25, 0.3) is 0 Å². The molecule has 0 unspecified atom stereocenters. The van der Waals surface area contributed by atoms with Crippen LogP contribution in [0.15, 0.2) is 71.6 Å². The molecule has 3 aliphatic rings. The van der Waals surface area contributed by atoms with Gasteiger partial charge >= 0.3 is 18.4 Å². The highest BCUT2D eigenvalue weighted by molar-refractivity contribution is 7.92. The lowest BCUT2D eigenvalue weighted by atomic mass is 9.88. The molecule has 3 atom stereocenters. The summed E-state index contributed by atoms with van der Waals surface area (Å²) in [5, 5.41) is 0. The number of sulfone groups is 1. The van der Waals surface area contributed by atoms with Crippen LogP contribution in [0.2, 0.25) is 0 Å². The molecule has 0 bridgehead atoms. The molecule has 3 fully saturated rings. The number of ether oxygens (including phenoxy) is 1. The molecule has 3 aromatic carbocycles.